The number of hydrogen-bond acceptors (Lipinski definition) is 4. The molecule has 0 saturated heterocycles. The molecule has 0 bridgehead atoms. The molecule has 0 unspecified atom stereocenters. The topological polar surface area (TPSA) is 58.1 Å². The summed E-state index contributed by atoms with van der Waals surface area (Å²) in [6.07, 6.45) is 3.46. The van der Waals surface area contributed by atoms with E-state index in [4.69, 9.17) is 4.98 Å². The second-order valence-corrected chi connectivity index (χ2v) is 7.29. The Labute approximate surface area is 160 Å². The lowest BCUT2D eigenvalue weighted by molar-refractivity contribution is 0.0936. The first-order chi connectivity index (χ1) is 13.0. The van der Waals surface area contributed by atoms with Crippen LogP contribution in [0.2, 0.25) is 0 Å². The van der Waals surface area contributed by atoms with Crippen molar-refractivity contribution in [1.82, 2.24) is 20.2 Å². The molecular weight excluding hydrogens is 336 g/mol. The molecule has 0 aliphatic rings. The summed E-state index contributed by atoms with van der Waals surface area (Å²) < 4.78 is 0. The maximum atomic E-state index is 13.0. The number of aromatic nitrogens is 2. The van der Waals surface area contributed by atoms with Crippen LogP contribution < -0.4 is 5.32 Å². The van der Waals surface area contributed by atoms with E-state index in [-0.39, 0.29) is 11.9 Å². The number of fused-ring (bicyclic) bond motifs is 1. The lowest BCUT2D eigenvalue weighted by atomic mass is 10.0. The second kappa shape index (κ2) is 8.27. The van der Waals surface area contributed by atoms with Crippen LogP contribution in [0, 0.1) is 5.92 Å². The van der Waals surface area contributed by atoms with Gasteiger partial charge in [-0.2, -0.15) is 0 Å². The first kappa shape index (κ1) is 19.0. The quantitative estimate of drug-likeness (QED) is 0.728. The van der Waals surface area contributed by atoms with Gasteiger partial charge in [0.1, 0.15) is 0 Å². The summed E-state index contributed by atoms with van der Waals surface area (Å²) in [6, 6.07) is 13.7. The molecule has 27 heavy (non-hydrogen) atoms. The minimum Gasteiger partial charge on any atom is -0.350 e. The fourth-order valence-electron chi connectivity index (χ4n) is 3.34. The number of amides is 1. The van der Waals surface area contributed by atoms with Gasteiger partial charge in [0.2, 0.25) is 0 Å². The first-order valence-electron chi connectivity index (χ1n) is 9.22. The molecule has 0 aliphatic heterocycles. The number of carbonyl (C=O) groups is 1. The number of carbonyl (C=O) groups excluding carboxylic acids is 1. The number of pyridine rings is 2. The monoisotopic (exact) mass is 362 g/mol. The number of benzene rings is 1. The highest BCUT2D eigenvalue weighted by Crippen LogP contribution is 2.24. The van der Waals surface area contributed by atoms with Crippen LogP contribution >= 0.6 is 0 Å². The molecule has 5 heteroatoms. The fourth-order valence-corrected chi connectivity index (χ4v) is 3.34. The van der Waals surface area contributed by atoms with Crippen molar-refractivity contribution >= 4 is 16.8 Å². The van der Waals surface area contributed by atoms with E-state index >= 15 is 0 Å². The summed E-state index contributed by atoms with van der Waals surface area (Å²) in [4.78, 5) is 24.0. The Morgan fingerprint density at radius 2 is 1.81 bits per heavy atom. The standard InChI is InChI=1S/C22H26N4O/c1-15(2)21(26(3)4)14-24-22(27)18-13-20(16-9-11-23-12-10-16)25-19-8-6-5-7-17(18)19/h5-13,15,21H,14H2,1-4H3,(H,24,27)/t21-/m1/s1. The van der Waals surface area contributed by atoms with Crippen LogP contribution in [0.15, 0.2) is 54.9 Å². The molecule has 1 atom stereocenters. The summed E-state index contributed by atoms with van der Waals surface area (Å²) in [6.45, 7) is 4.94. The van der Waals surface area contributed by atoms with Crippen molar-refractivity contribution in [2.24, 2.45) is 5.92 Å². The third kappa shape index (κ3) is 4.31. The van der Waals surface area contributed by atoms with E-state index in [9.17, 15) is 4.79 Å². The van der Waals surface area contributed by atoms with Crippen molar-refractivity contribution in [3.63, 3.8) is 0 Å². The lowest BCUT2D eigenvalue weighted by Gasteiger charge is -2.28. The van der Waals surface area contributed by atoms with Crippen LogP contribution in [0.5, 0.6) is 0 Å². The Morgan fingerprint density at radius 3 is 2.48 bits per heavy atom. The molecule has 0 saturated carbocycles. The lowest BCUT2D eigenvalue weighted by Crippen LogP contribution is -2.43. The Morgan fingerprint density at radius 1 is 1.11 bits per heavy atom. The second-order valence-electron chi connectivity index (χ2n) is 7.29. The van der Waals surface area contributed by atoms with Gasteiger partial charge in [-0.1, -0.05) is 32.0 Å². The van der Waals surface area contributed by atoms with Gasteiger partial charge < -0.3 is 10.2 Å². The van der Waals surface area contributed by atoms with E-state index in [1.165, 1.54) is 0 Å². The summed E-state index contributed by atoms with van der Waals surface area (Å²) >= 11 is 0. The van der Waals surface area contributed by atoms with Crippen molar-refractivity contribution in [1.29, 1.82) is 0 Å². The van der Waals surface area contributed by atoms with Crippen LogP contribution in [0.3, 0.4) is 0 Å². The maximum Gasteiger partial charge on any atom is 0.252 e. The molecule has 1 aromatic carbocycles. The number of nitrogens with one attached hydrogen (secondary N) is 1. The molecule has 1 amide bonds. The predicted molar refractivity (Wildman–Crippen MR) is 110 cm³/mol. The van der Waals surface area contributed by atoms with Gasteiger partial charge in [0.15, 0.2) is 0 Å². The summed E-state index contributed by atoms with van der Waals surface area (Å²) in [7, 11) is 4.08. The Kier molecular flexibility index (Phi) is 5.81. The average molecular weight is 362 g/mol. The van der Waals surface area contributed by atoms with Crippen molar-refractivity contribution < 1.29 is 4.79 Å². The number of para-hydroxylation sites is 1. The van der Waals surface area contributed by atoms with Crippen LogP contribution in [-0.4, -0.2) is 47.5 Å². The SMILES string of the molecule is CC(C)[C@@H](CNC(=O)c1cc(-c2ccncc2)nc2ccccc12)N(C)C. The number of nitrogens with zero attached hydrogens (tertiary/aromatic N) is 3. The molecule has 5 nitrogen and oxygen atoms in total. The fraction of sp³-hybridized carbons (Fsp3) is 0.318. The highest BCUT2D eigenvalue weighted by molar-refractivity contribution is 6.07. The minimum atomic E-state index is -0.0728. The van der Waals surface area contributed by atoms with E-state index in [2.05, 4.69) is 29.0 Å². The summed E-state index contributed by atoms with van der Waals surface area (Å²) in [5.74, 6) is 0.373. The van der Waals surface area contributed by atoms with Crippen LogP contribution in [0.4, 0.5) is 0 Å². The predicted octanol–water partition coefficient (Wildman–Crippen LogP) is 3.61. The van der Waals surface area contributed by atoms with Crippen molar-refractivity contribution in [3.05, 3.63) is 60.4 Å². The number of rotatable bonds is 6. The third-order valence-corrected chi connectivity index (χ3v) is 4.84. The molecule has 1 N–H and O–H groups in total. The zero-order chi connectivity index (χ0) is 19.4. The van der Waals surface area contributed by atoms with Gasteiger partial charge in [-0.15, -0.1) is 0 Å². The van der Waals surface area contributed by atoms with Crippen LogP contribution in [-0.2, 0) is 0 Å². The molecule has 2 aromatic heterocycles. The summed E-state index contributed by atoms with van der Waals surface area (Å²) in [5.41, 5.74) is 3.17. The van der Waals surface area contributed by atoms with E-state index < -0.39 is 0 Å². The van der Waals surface area contributed by atoms with E-state index in [0.29, 0.717) is 18.0 Å². The number of likely N-dealkylation sites (N-methyl/N-ethyl adjacent to an activating group) is 1. The van der Waals surface area contributed by atoms with Crippen molar-refractivity contribution in [2.75, 3.05) is 20.6 Å². The Hall–Kier alpha value is -2.79. The molecular formula is C22H26N4O. The van der Waals surface area contributed by atoms with Crippen molar-refractivity contribution in [2.45, 2.75) is 19.9 Å². The highest BCUT2D eigenvalue weighted by Gasteiger charge is 2.19. The van der Waals surface area contributed by atoms with Crippen LogP contribution in [0.1, 0.15) is 24.2 Å². The van der Waals surface area contributed by atoms with Gasteiger partial charge in [0, 0.05) is 35.9 Å². The van der Waals surface area contributed by atoms with Gasteiger partial charge in [0.05, 0.1) is 16.8 Å². The summed E-state index contributed by atoms with van der Waals surface area (Å²) in [5, 5.41) is 3.97. The molecule has 0 spiro atoms. The zero-order valence-corrected chi connectivity index (χ0v) is 16.3. The van der Waals surface area contributed by atoms with E-state index in [1.54, 1.807) is 12.4 Å². The number of hydrogen-bond donors (Lipinski definition) is 1. The average Bonchev–Trinajstić information content (AvgIpc) is 2.67. The van der Waals surface area contributed by atoms with Crippen molar-refractivity contribution in [3.8, 4) is 11.3 Å². The Balaban J connectivity index is 1.96. The highest BCUT2D eigenvalue weighted by atomic mass is 16.1. The van der Waals surface area contributed by atoms with Gasteiger partial charge in [-0.3, -0.25) is 9.78 Å². The first-order valence-corrected chi connectivity index (χ1v) is 9.22. The molecule has 0 fully saturated rings. The van der Waals surface area contributed by atoms with E-state index in [1.807, 2.05) is 56.6 Å². The van der Waals surface area contributed by atoms with Gasteiger partial charge in [-0.25, -0.2) is 4.98 Å². The molecule has 0 aliphatic carbocycles. The van der Waals surface area contributed by atoms with Gasteiger partial charge >= 0.3 is 0 Å². The normalized spacial score (nSPS) is 12.5. The van der Waals surface area contributed by atoms with E-state index in [0.717, 1.165) is 22.2 Å². The largest absolute Gasteiger partial charge is 0.350 e. The molecule has 0 radical (unpaired) electrons. The molecule has 3 rings (SSSR count). The minimum absolute atomic E-state index is 0.0728. The Bertz CT molecular complexity index is 914. The zero-order valence-electron chi connectivity index (χ0n) is 16.3. The molecule has 3 aromatic rings. The van der Waals surface area contributed by atoms with Gasteiger partial charge in [-0.05, 0) is 44.3 Å². The molecule has 140 valence electrons. The molecule has 2 heterocycles. The van der Waals surface area contributed by atoms with Crippen LogP contribution in [0.25, 0.3) is 22.2 Å². The van der Waals surface area contributed by atoms with Gasteiger partial charge in [0.25, 0.3) is 5.91 Å². The third-order valence-electron chi connectivity index (χ3n) is 4.84. The maximum absolute atomic E-state index is 13.0. The smallest absolute Gasteiger partial charge is 0.252 e.